The molecule has 122 valence electrons. The van der Waals surface area contributed by atoms with E-state index in [1.54, 1.807) is 6.07 Å². The number of benzene rings is 1. The number of carbonyl (C=O) groups is 2. The van der Waals surface area contributed by atoms with Crippen LogP contribution in [0.3, 0.4) is 0 Å². The number of carbonyl (C=O) groups excluding carboxylic acids is 2. The van der Waals surface area contributed by atoms with Gasteiger partial charge in [0.15, 0.2) is 0 Å². The predicted molar refractivity (Wildman–Crippen MR) is 90.3 cm³/mol. The van der Waals surface area contributed by atoms with E-state index in [1.807, 2.05) is 37.3 Å². The monoisotopic (exact) mass is 332 g/mol. The quantitative estimate of drug-likeness (QED) is 0.758. The van der Waals surface area contributed by atoms with Crippen LogP contribution >= 0.6 is 11.3 Å². The van der Waals surface area contributed by atoms with E-state index in [1.165, 1.54) is 18.3 Å². The summed E-state index contributed by atoms with van der Waals surface area (Å²) in [6.45, 7) is 3.95. The van der Waals surface area contributed by atoms with Crippen LogP contribution in [0.5, 0.6) is 0 Å². The lowest BCUT2D eigenvalue weighted by Crippen LogP contribution is -2.28. The molecule has 2 rings (SSSR count). The van der Waals surface area contributed by atoms with E-state index in [9.17, 15) is 14.7 Å². The van der Waals surface area contributed by atoms with E-state index in [4.69, 9.17) is 0 Å². The molecule has 0 aliphatic rings. The van der Waals surface area contributed by atoms with Crippen LogP contribution in [0, 0.1) is 6.92 Å². The lowest BCUT2D eigenvalue weighted by atomic mass is 10.0. The minimum absolute atomic E-state index is 0.106. The average molecular weight is 332 g/mol. The van der Waals surface area contributed by atoms with Gasteiger partial charge in [-0.15, -0.1) is 11.3 Å². The molecule has 1 aromatic carbocycles. The Morgan fingerprint density at radius 1 is 1.17 bits per heavy atom. The molecule has 0 saturated heterocycles. The Morgan fingerprint density at radius 3 is 2.61 bits per heavy atom. The molecule has 0 saturated carbocycles. The second-order valence-electron chi connectivity index (χ2n) is 5.26. The zero-order valence-corrected chi connectivity index (χ0v) is 13.9. The van der Waals surface area contributed by atoms with Crippen molar-refractivity contribution in [2.45, 2.75) is 26.5 Å². The summed E-state index contributed by atoms with van der Waals surface area (Å²) in [5.41, 5.74) is 1.80. The predicted octanol–water partition coefficient (Wildman–Crippen LogP) is 2.16. The lowest BCUT2D eigenvalue weighted by Gasteiger charge is -2.14. The molecule has 2 aromatic rings. The summed E-state index contributed by atoms with van der Waals surface area (Å²) in [5, 5.41) is 15.6. The number of nitrogens with one attached hydrogen (secondary N) is 2. The van der Waals surface area contributed by atoms with E-state index < -0.39 is 6.10 Å². The van der Waals surface area contributed by atoms with Crippen molar-refractivity contribution >= 4 is 23.2 Å². The molecule has 6 heteroatoms. The first-order valence-corrected chi connectivity index (χ1v) is 8.14. The van der Waals surface area contributed by atoms with Crippen LogP contribution in [0.4, 0.5) is 0 Å². The van der Waals surface area contributed by atoms with Crippen molar-refractivity contribution in [3.05, 3.63) is 57.3 Å². The van der Waals surface area contributed by atoms with Gasteiger partial charge in [-0.2, -0.15) is 0 Å². The molecule has 0 bridgehead atoms. The van der Waals surface area contributed by atoms with Crippen LogP contribution in [0.1, 0.15) is 38.7 Å². The first-order chi connectivity index (χ1) is 11.0. The Hall–Kier alpha value is -2.18. The number of aliphatic hydroxyl groups excluding tert-OH is 1. The maximum atomic E-state index is 12.1. The van der Waals surface area contributed by atoms with Gasteiger partial charge in [-0.3, -0.25) is 9.59 Å². The molecular formula is C17H20N2O3S. The fraction of sp³-hybridized carbons (Fsp3) is 0.294. The standard InChI is InChI=1S/C17H20N2O3S/c1-11-5-3-4-6-14(11)15(21)10-19-17(22)16-8-7-13(23-16)9-18-12(2)20/h3-8,15,21H,9-10H2,1-2H3,(H,18,20)(H,19,22). The Balaban J connectivity index is 1.89. The fourth-order valence-electron chi connectivity index (χ4n) is 2.15. The first kappa shape index (κ1) is 17.2. The van der Waals surface area contributed by atoms with Crippen molar-refractivity contribution in [3.8, 4) is 0 Å². The number of amides is 2. The van der Waals surface area contributed by atoms with Gasteiger partial charge in [-0.05, 0) is 30.2 Å². The van der Waals surface area contributed by atoms with Crippen LogP contribution < -0.4 is 10.6 Å². The number of thiophene rings is 1. The normalized spacial score (nSPS) is 11.8. The Kier molecular flexibility index (Phi) is 5.90. The highest BCUT2D eigenvalue weighted by Gasteiger charge is 2.14. The van der Waals surface area contributed by atoms with Crippen molar-refractivity contribution in [2.24, 2.45) is 0 Å². The maximum absolute atomic E-state index is 12.1. The highest BCUT2D eigenvalue weighted by atomic mass is 32.1. The second kappa shape index (κ2) is 7.89. The molecule has 0 fully saturated rings. The van der Waals surface area contributed by atoms with Crippen molar-refractivity contribution in [1.29, 1.82) is 0 Å². The van der Waals surface area contributed by atoms with E-state index in [0.717, 1.165) is 16.0 Å². The van der Waals surface area contributed by atoms with Gasteiger partial charge in [-0.1, -0.05) is 24.3 Å². The fourth-order valence-corrected chi connectivity index (χ4v) is 3.02. The number of hydrogen-bond acceptors (Lipinski definition) is 4. The first-order valence-electron chi connectivity index (χ1n) is 7.32. The Labute approximate surface area is 139 Å². The number of aliphatic hydroxyl groups is 1. The highest BCUT2D eigenvalue weighted by molar-refractivity contribution is 7.14. The van der Waals surface area contributed by atoms with Gasteiger partial charge in [-0.25, -0.2) is 0 Å². The molecule has 3 N–H and O–H groups in total. The summed E-state index contributed by atoms with van der Waals surface area (Å²) >= 11 is 1.33. The molecule has 0 aliphatic heterocycles. The van der Waals surface area contributed by atoms with Gasteiger partial charge in [0.2, 0.25) is 5.91 Å². The smallest absolute Gasteiger partial charge is 0.261 e. The summed E-state index contributed by atoms with van der Waals surface area (Å²) in [6.07, 6.45) is -0.737. The van der Waals surface area contributed by atoms with E-state index in [0.29, 0.717) is 11.4 Å². The zero-order chi connectivity index (χ0) is 16.8. The van der Waals surface area contributed by atoms with E-state index >= 15 is 0 Å². The number of rotatable bonds is 6. The van der Waals surface area contributed by atoms with Gasteiger partial charge < -0.3 is 15.7 Å². The average Bonchev–Trinajstić information content (AvgIpc) is 3.00. The third-order valence-corrected chi connectivity index (χ3v) is 4.48. The van der Waals surface area contributed by atoms with Crippen molar-refractivity contribution < 1.29 is 14.7 Å². The largest absolute Gasteiger partial charge is 0.387 e. The minimum Gasteiger partial charge on any atom is -0.387 e. The molecule has 1 heterocycles. The van der Waals surface area contributed by atoms with E-state index in [2.05, 4.69) is 10.6 Å². The molecule has 2 amide bonds. The van der Waals surface area contributed by atoms with Crippen LogP contribution in [0.2, 0.25) is 0 Å². The molecule has 0 spiro atoms. The van der Waals surface area contributed by atoms with Crippen LogP contribution in [0.15, 0.2) is 36.4 Å². The van der Waals surface area contributed by atoms with Gasteiger partial charge in [0.1, 0.15) is 0 Å². The second-order valence-corrected chi connectivity index (χ2v) is 6.43. The van der Waals surface area contributed by atoms with Crippen molar-refractivity contribution in [2.75, 3.05) is 6.54 Å². The molecule has 1 atom stereocenters. The van der Waals surface area contributed by atoms with Gasteiger partial charge >= 0.3 is 0 Å². The van der Waals surface area contributed by atoms with Crippen LogP contribution in [-0.4, -0.2) is 23.5 Å². The molecule has 5 nitrogen and oxygen atoms in total. The zero-order valence-electron chi connectivity index (χ0n) is 13.1. The van der Waals surface area contributed by atoms with E-state index in [-0.39, 0.29) is 18.4 Å². The van der Waals surface area contributed by atoms with Gasteiger partial charge in [0.25, 0.3) is 5.91 Å². The Morgan fingerprint density at radius 2 is 1.91 bits per heavy atom. The topological polar surface area (TPSA) is 78.4 Å². The molecule has 1 aromatic heterocycles. The third kappa shape index (κ3) is 4.91. The van der Waals surface area contributed by atoms with Crippen molar-refractivity contribution in [1.82, 2.24) is 10.6 Å². The lowest BCUT2D eigenvalue weighted by molar-refractivity contribution is -0.119. The third-order valence-electron chi connectivity index (χ3n) is 3.40. The number of aryl methyl sites for hydroxylation is 1. The highest BCUT2D eigenvalue weighted by Crippen LogP contribution is 2.18. The maximum Gasteiger partial charge on any atom is 0.261 e. The summed E-state index contributed by atoms with van der Waals surface area (Å²) in [6, 6.07) is 11.1. The summed E-state index contributed by atoms with van der Waals surface area (Å²) in [4.78, 5) is 24.5. The summed E-state index contributed by atoms with van der Waals surface area (Å²) in [5.74, 6) is -0.331. The summed E-state index contributed by atoms with van der Waals surface area (Å²) in [7, 11) is 0. The van der Waals surface area contributed by atoms with Gasteiger partial charge in [0, 0.05) is 18.3 Å². The Bertz CT molecular complexity index is 697. The number of hydrogen-bond donors (Lipinski definition) is 3. The minimum atomic E-state index is -0.737. The molecule has 1 unspecified atom stereocenters. The van der Waals surface area contributed by atoms with Crippen LogP contribution in [0.25, 0.3) is 0 Å². The van der Waals surface area contributed by atoms with Gasteiger partial charge in [0.05, 0.1) is 17.5 Å². The van der Waals surface area contributed by atoms with Crippen molar-refractivity contribution in [3.63, 3.8) is 0 Å². The molecule has 0 aliphatic carbocycles. The molecule has 23 heavy (non-hydrogen) atoms. The molecular weight excluding hydrogens is 312 g/mol. The van der Waals surface area contributed by atoms with Crippen LogP contribution in [-0.2, 0) is 11.3 Å². The summed E-state index contributed by atoms with van der Waals surface area (Å²) < 4.78 is 0. The SMILES string of the molecule is CC(=O)NCc1ccc(C(=O)NCC(O)c2ccccc2C)s1. The molecule has 0 radical (unpaired) electrons.